The lowest BCUT2D eigenvalue weighted by Gasteiger charge is -2.23. The Morgan fingerprint density at radius 3 is 2.55 bits per heavy atom. The van der Waals surface area contributed by atoms with Crippen molar-refractivity contribution in [2.45, 2.75) is 45.8 Å². The van der Waals surface area contributed by atoms with Crippen LogP contribution in [0.3, 0.4) is 0 Å². The minimum absolute atomic E-state index is 0.00543. The van der Waals surface area contributed by atoms with Gasteiger partial charge in [0.25, 0.3) is 10.1 Å². The molecule has 0 saturated heterocycles. The monoisotopic (exact) mass is 330 g/mol. The molecule has 1 heterocycles. The number of hydrogen-bond donors (Lipinski definition) is 2. The Hall–Kier alpha value is -1.67. The second-order valence-corrected chi connectivity index (χ2v) is 7.55. The van der Waals surface area contributed by atoms with Crippen LogP contribution in [-0.2, 0) is 14.9 Å². The van der Waals surface area contributed by atoms with Crippen LogP contribution in [0.15, 0.2) is 18.2 Å². The molecule has 0 fully saturated rings. The van der Waals surface area contributed by atoms with Crippen molar-refractivity contribution in [1.82, 2.24) is 10.3 Å². The van der Waals surface area contributed by atoms with E-state index in [4.69, 9.17) is 9.29 Å². The second-order valence-electron chi connectivity index (χ2n) is 5.98. The van der Waals surface area contributed by atoms with Gasteiger partial charge >= 0.3 is 6.09 Å². The van der Waals surface area contributed by atoms with E-state index < -0.39 is 33.6 Å². The third-order valence-electron chi connectivity index (χ3n) is 2.62. The Labute approximate surface area is 130 Å². The van der Waals surface area contributed by atoms with E-state index >= 15 is 0 Å². The first-order valence-electron chi connectivity index (χ1n) is 6.84. The first-order valence-corrected chi connectivity index (χ1v) is 8.45. The standard InChI is InChI=1S/C14H22N2O5S/c1-10-6-5-7-11(15-10)12(8-9-22(18,19)20)16-13(17)21-14(2,3)4/h5-7,12H,8-9H2,1-4H3,(H,16,17)(H,18,19,20). The van der Waals surface area contributed by atoms with Crippen molar-refractivity contribution in [2.24, 2.45) is 0 Å². The van der Waals surface area contributed by atoms with Gasteiger partial charge in [-0.2, -0.15) is 8.42 Å². The Morgan fingerprint density at radius 2 is 2.05 bits per heavy atom. The fourth-order valence-corrected chi connectivity index (χ4v) is 2.30. The van der Waals surface area contributed by atoms with Crippen molar-refractivity contribution in [3.8, 4) is 0 Å². The summed E-state index contributed by atoms with van der Waals surface area (Å²) in [5.41, 5.74) is 0.576. The molecule has 22 heavy (non-hydrogen) atoms. The molecule has 1 aromatic rings. The highest BCUT2D eigenvalue weighted by Crippen LogP contribution is 2.17. The number of nitrogens with zero attached hydrogens (tertiary/aromatic N) is 1. The molecule has 8 heteroatoms. The number of pyridine rings is 1. The summed E-state index contributed by atoms with van der Waals surface area (Å²) in [4.78, 5) is 16.2. The molecule has 2 N–H and O–H groups in total. The summed E-state index contributed by atoms with van der Waals surface area (Å²) >= 11 is 0. The van der Waals surface area contributed by atoms with E-state index in [1.165, 1.54) is 0 Å². The Morgan fingerprint density at radius 1 is 1.41 bits per heavy atom. The molecule has 1 amide bonds. The molecule has 1 aromatic heterocycles. The Balaban J connectivity index is 2.89. The molecule has 124 valence electrons. The maximum absolute atomic E-state index is 11.9. The molecule has 0 radical (unpaired) electrons. The molecule has 1 atom stereocenters. The molecule has 0 saturated carbocycles. The molecule has 7 nitrogen and oxygen atoms in total. The number of hydrogen-bond acceptors (Lipinski definition) is 5. The topological polar surface area (TPSA) is 106 Å². The summed E-state index contributed by atoms with van der Waals surface area (Å²) in [6, 6.07) is 4.56. The predicted octanol–water partition coefficient (Wildman–Crippen LogP) is 2.23. The van der Waals surface area contributed by atoms with Crippen molar-refractivity contribution >= 4 is 16.2 Å². The largest absolute Gasteiger partial charge is 0.444 e. The van der Waals surface area contributed by atoms with E-state index in [9.17, 15) is 13.2 Å². The molecule has 0 aliphatic carbocycles. The van der Waals surface area contributed by atoms with Crippen molar-refractivity contribution < 1.29 is 22.5 Å². The molecular formula is C14H22N2O5S. The van der Waals surface area contributed by atoms with E-state index in [1.807, 2.05) is 0 Å². The van der Waals surface area contributed by atoms with Crippen molar-refractivity contribution in [3.05, 3.63) is 29.6 Å². The predicted molar refractivity (Wildman–Crippen MR) is 82.1 cm³/mol. The van der Waals surface area contributed by atoms with E-state index in [-0.39, 0.29) is 6.42 Å². The van der Waals surface area contributed by atoms with Gasteiger partial charge in [-0.05, 0) is 46.2 Å². The Bertz CT molecular complexity index is 622. The summed E-state index contributed by atoms with van der Waals surface area (Å²) in [7, 11) is -4.13. The SMILES string of the molecule is Cc1cccc(C(CCS(=O)(=O)O)NC(=O)OC(C)(C)C)n1. The highest BCUT2D eigenvalue weighted by atomic mass is 32.2. The number of alkyl carbamates (subject to hydrolysis) is 1. The normalized spacial score (nSPS) is 13.5. The van der Waals surface area contributed by atoms with Gasteiger partial charge in [0.15, 0.2) is 0 Å². The van der Waals surface area contributed by atoms with Crippen LogP contribution >= 0.6 is 0 Å². The maximum atomic E-state index is 11.9. The van der Waals surface area contributed by atoms with Crippen LogP contribution in [0.1, 0.15) is 44.6 Å². The number of aryl methyl sites for hydroxylation is 1. The fraction of sp³-hybridized carbons (Fsp3) is 0.571. The molecule has 0 aliphatic heterocycles. The van der Waals surface area contributed by atoms with Gasteiger partial charge in [0.1, 0.15) is 5.60 Å². The zero-order valence-electron chi connectivity index (χ0n) is 13.2. The average molecular weight is 330 g/mol. The summed E-state index contributed by atoms with van der Waals surface area (Å²) in [6.45, 7) is 6.97. The van der Waals surface area contributed by atoms with E-state index in [1.54, 1.807) is 45.9 Å². The van der Waals surface area contributed by atoms with Gasteiger partial charge in [0, 0.05) is 5.69 Å². The van der Waals surface area contributed by atoms with Gasteiger partial charge in [-0.3, -0.25) is 9.54 Å². The number of carbonyl (C=O) groups is 1. The smallest absolute Gasteiger partial charge is 0.408 e. The quantitative estimate of drug-likeness (QED) is 0.802. The zero-order valence-corrected chi connectivity index (χ0v) is 14.0. The number of amides is 1. The first kappa shape index (κ1) is 18.4. The summed E-state index contributed by atoms with van der Waals surface area (Å²) < 4.78 is 35.9. The highest BCUT2D eigenvalue weighted by Gasteiger charge is 2.22. The zero-order chi connectivity index (χ0) is 17.0. The molecule has 1 rings (SSSR count). The molecule has 0 bridgehead atoms. The second kappa shape index (κ2) is 7.06. The van der Waals surface area contributed by atoms with Crippen LogP contribution in [0.2, 0.25) is 0 Å². The van der Waals surface area contributed by atoms with Gasteiger partial charge in [-0.25, -0.2) is 4.79 Å². The third-order valence-corrected chi connectivity index (χ3v) is 3.37. The molecule has 0 spiro atoms. The van der Waals surface area contributed by atoms with Crippen LogP contribution in [0.25, 0.3) is 0 Å². The lowest BCUT2D eigenvalue weighted by Crippen LogP contribution is -2.36. The number of rotatable bonds is 5. The lowest BCUT2D eigenvalue weighted by molar-refractivity contribution is 0.0501. The first-order chi connectivity index (χ1) is 9.96. The van der Waals surface area contributed by atoms with Crippen LogP contribution in [-0.4, -0.2) is 35.4 Å². The summed E-state index contributed by atoms with van der Waals surface area (Å²) in [6.07, 6.45) is -0.676. The Kier molecular flexibility index (Phi) is 5.90. The average Bonchev–Trinajstić information content (AvgIpc) is 2.31. The van der Waals surface area contributed by atoms with Crippen molar-refractivity contribution in [3.63, 3.8) is 0 Å². The van der Waals surface area contributed by atoms with Crippen LogP contribution in [0, 0.1) is 6.92 Å². The minimum Gasteiger partial charge on any atom is -0.444 e. The van der Waals surface area contributed by atoms with Gasteiger partial charge in [0.05, 0.1) is 17.5 Å². The van der Waals surface area contributed by atoms with Crippen molar-refractivity contribution in [2.75, 3.05) is 5.75 Å². The molecular weight excluding hydrogens is 308 g/mol. The van der Waals surface area contributed by atoms with Gasteiger partial charge in [-0.15, -0.1) is 0 Å². The summed E-state index contributed by atoms with van der Waals surface area (Å²) in [5.74, 6) is -0.483. The maximum Gasteiger partial charge on any atom is 0.408 e. The minimum atomic E-state index is -4.13. The van der Waals surface area contributed by atoms with Crippen molar-refractivity contribution in [1.29, 1.82) is 0 Å². The number of aromatic nitrogens is 1. The number of nitrogens with one attached hydrogen (secondary N) is 1. The molecule has 0 aromatic carbocycles. The molecule has 1 unspecified atom stereocenters. The van der Waals surface area contributed by atoms with Crippen LogP contribution in [0.4, 0.5) is 4.79 Å². The van der Waals surface area contributed by atoms with E-state index in [0.29, 0.717) is 5.69 Å². The number of carbonyl (C=O) groups excluding carboxylic acids is 1. The third kappa shape index (κ3) is 7.37. The molecule has 0 aliphatic rings. The van der Waals surface area contributed by atoms with Crippen LogP contribution in [0.5, 0.6) is 0 Å². The van der Waals surface area contributed by atoms with Crippen LogP contribution < -0.4 is 5.32 Å². The van der Waals surface area contributed by atoms with E-state index in [0.717, 1.165) is 5.69 Å². The highest BCUT2D eigenvalue weighted by molar-refractivity contribution is 7.85. The van der Waals surface area contributed by atoms with Gasteiger partial charge in [-0.1, -0.05) is 6.07 Å². The lowest BCUT2D eigenvalue weighted by atomic mass is 10.1. The summed E-state index contributed by atoms with van der Waals surface area (Å²) in [5, 5.41) is 2.59. The fourth-order valence-electron chi connectivity index (χ4n) is 1.77. The van der Waals surface area contributed by atoms with E-state index in [2.05, 4.69) is 10.3 Å². The number of ether oxygens (including phenoxy) is 1. The van der Waals surface area contributed by atoms with Gasteiger partial charge < -0.3 is 10.1 Å². The van der Waals surface area contributed by atoms with Gasteiger partial charge in [0.2, 0.25) is 0 Å².